The first-order chi connectivity index (χ1) is 14.1. The molecule has 0 spiro atoms. The van der Waals surface area contributed by atoms with E-state index in [1.54, 1.807) is 0 Å². The van der Waals surface area contributed by atoms with E-state index >= 15 is 0 Å². The smallest absolute Gasteiger partial charge is 0.217 e. The summed E-state index contributed by atoms with van der Waals surface area (Å²) in [5, 5.41) is 3.79. The lowest BCUT2D eigenvalue weighted by molar-refractivity contribution is -0.119. The maximum atomic E-state index is 11.2. The van der Waals surface area contributed by atoms with Gasteiger partial charge in [0.25, 0.3) is 0 Å². The summed E-state index contributed by atoms with van der Waals surface area (Å²) in [6.45, 7) is 4.71. The van der Waals surface area contributed by atoms with Crippen LogP contribution in [0.1, 0.15) is 50.5 Å². The second-order valence-corrected chi connectivity index (χ2v) is 7.81. The van der Waals surface area contributed by atoms with Gasteiger partial charge in [0.05, 0.1) is 12.6 Å². The third-order valence-corrected chi connectivity index (χ3v) is 5.39. The highest BCUT2D eigenvalue weighted by Gasteiger charge is 2.17. The van der Waals surface area contributed by atoms with E-state index in [1.807, 2.05) is 55.5 Å². The molecule has 1 heterocycles. The molecule has 1 atom stereocenters. The molecule has 0 bridgehead atoms. The minimum Gasteiger partial charge on any atom is -0.493 e. The summed E-state index contributed by atoms with van der Waals surface area (Å²) in [6.07, 6.45) is 3.92. The molecule has 1 aromatic heterocycles. The highest BCUT2D eigenvalue weighted by Crippen LogP contribution is 2.29. The van der Waals surface area contributed by atoms with Crippen molar-refractivity contribution < 1.29 is 18.7 Å². The molecule has 2 aromatic carbocycles. The molecule has 0 aliphatic heterocycles. The summed E-state index contributed by atoms with van der Waals surface area (Å²) in [4.78, 5) is 11.2. The Morgan fingerprint density at radius 3 is 2.55 bits per heavy atom. The highest BCUT2D eigenvalue weighted by molar-refractivity contribution is 5.80. The van der Waals surface area contributed by atoms with Crippen LogP contribution in [-0.4, -0.2) is 12.5 Å². The normalized spacial score (nSPS) is 15.0. The van der Waals surface area contributed by atoms with Crippen LogP contribution < -0.4 is 14.8 Å². The SMILES string of the molecule is CC(=O)NC(C)c1cc2cc(OCc3ccc(OCC4CCC4)cc3)ccc2o1. The molecule has 1 aliphatic rings. The van der Waals surface area contributed by atoms with Gasteiger partial charge in [-0.1, -0.05) is 18.6 Å². The van der Waals surface area contributed by atoms with Crippen LogP contribution in [0.2, 0.25) is 0 Å². The quantitative estimate of drug-likeness (QED) is 0.557. The average molecular weight is 393 g/mol. The predicted octanol–water partition coefficient (Wildman–Crippen LogP) is 5.39. The van der Waals surface area contributed by atoms with Gasteiger partial charge >= 0.3 is 0 Å². The second-order valence-electron chi connectivity index (χ2n) is 7.81. The lowest BCUT2D eigenvalue weighted by atomic mass is 9.86. The minimum absolute atomic E-state index is 0.0820. The van der Waals surface area contributed by atoms with Gasteiger partial charge in [-0.25, -0.2) is 0 Å². The van der Waals surface area contributed by atoms with Gasteiger partial charge in [0.1, 0.15) is 29.4 Å². The number of nitrogens with one attached hydrogen (secondary N) is 1. The maximum absolute atomic E-state index is 11.2. The maximum Gasteiger partial charge on any atom is 0.217 e. The molecule has 1 fully saturated rings. The van der Waals surface area contributed by atoms with Gasteiger partial charge in [-0.05, 0) is 67.6 Å². The van der Waals surface area contributed by atoms with Gasteiger partial charge in [0.15, 0.2) is 0 Å². The van der Waals surface area contributed by atoms with Gasteiger partial charge < -0.3 is 19.2 Å². The molecule has 1 amide bonds. The zero-order valence-corrected chi connectivity index (χ0v) is 16.9. The summed E-state index contributed by atoms with van der Waals surface area (Å²) < 4.78 is 17.6. The van der Waals surface area contributed by atoms with Crippen molar-refractivity contribution in [3.63, 3.8) is 0 Å². The fourth-order valence-electron chi connectivity index (χ4n) is 3.44. The highest BCUT2D eigenvalue weighted by atomic mass is 16.5. The Balaban J connectivity index is 1.34. The van der Waals surface area contributed by atoms with Crippen molar-refractivity contribution in [2.24, 2.45) is 5.92 Å². The van der Waals surface area contributed by atoms with Crippen LogP contribution in [-0.2, 0) is 11.4 Å². The lowest BCUT2D eigenvalue weighted by Crippen LogP contribution is -2.23. The molecule has 5 heteroatoms. The van der Waals surface area contributed by atoms with Crippen LogP contribution in [0.25, 0.3) is 11.0 Å². The molecule has 0 saturated heterocycles. The summed E-state index contributed by atoms with van der Waals surface area (Å²) in [5.74, 6) is 3.08. The number of benzene rings is 2. The summed E-state index contributed by atoms with van der Waals surface area (Å²) in [5.41, 5.74) is 1.87. The summed E-state index contributed by atoms with van der Waals surface area (Å²) >= 11 is 0. The van der Waals surface area contributed by atoms with Crippen LogP contribution in [0, 0.1) is 5.92 Å². The number of rotatable bonds is 8. The Hall–Kier alpha value is -2.95. The van der Waals surface area contributed by atoms with E-state index in [0.29, 0.717) is 6.61 Å². The van der Waals surface area contributed by atoms with Crippen LogP contribution in [0.4, 0.5) is 0 Å². The number of furan rings is 1. The molecule has 29 heavy (non-hydrogen) atoms. The topological polar surface area (TPSA) is 60.7 Å². The Morgan fingerprint density at radius 1 is 1.10 bits per heavy atom. The number of carbonyl (C=O) groups is 1. The Morgan fingerprint density at radius 2 is 1.86 bits per heavy atom. The number of amides is 1. The van der Waals surface area contributed by atoms with E-state index < -0.39 is 0 Å². The van der Waals surface area contributed by atoms with Crippen LogP contribution in [0.15, 0.2) is 52.9 Å². The molecule has 3 aromatic rings. The van der Waals surface area contributed by atoms with Crippen molar-refractivity contribution in [3.05, 3.63) is 59.9 Å². The zero-order valence-electron chi connectivity index (χ0n) is 16.9. The predicted molar refractivity (Wildman–Crippen MR) is 112 cm³/mol. The van der Waals surface area contributed by atoms with Gasteiger partial charge in [0, 0.05) is 12.3 Å². The fraction of sp³-hybridized carbons (Fsp3) is 0.375. The van der Waals surface area contributed by atoms with Crippen molar-refractivity contribution in [2.75, 3.05) is 6.61 Å². The Kier molecular flexibility index (Phi) is 5.74. The molecule has 1 N–H and O–H groups in total. The minimum atomic E-state index is -0.172. The van der Waals surface area contributed by atoms with E-state index in [-0.39, 0.29) is 11.9 Å². The number of ether oxygens (including phenoxy) is 2. The van der Waals surface area contributed by atoms with Crippen LogP contribution >= 0.6 is 0 Å². The van der Waals surface area contributed by atoms with Crippen LogP contribution in [0.3, 0.4) is 0 Å². The second kappa shape index (κ2) is 8.60. The van der Waals surface area contributed by atoms with Crippen molar-refractivity contribution in [1.29, 1.82) is 0 Å². The van der Waals surface area contributed by atoms with E-state index in [4.69, 9.17) is 13.9 Å². The summed E-state index contributed by atoms with van der Waals surface area (Å²) in [6, 6.07) is 15.6. The monoisotopic (exact) mass is 393 g/mol. The number of hydrogen-bond donors (Lipinski definition) is 1. The van der Waals surface area contributed by atoms with Crippen molar-refractivity contribution in [2.45, 2.75) is 45.8 Å². The third kappa shape index (κ3) is 4.91. The molecule has 1 saturated carbocycles. The summed E-state index contributed by atoms with van der Waals surface area (Å²) in [7, 11) is 0. The molecular weight excluding hydrogens is 366 g/mol. The molecular formula is C24H27NO4. The van der Waals surface area contributed by atoms with Gasteiger partial charge in [0.2, 0.25) is 5.91 Å². The van der Waals surface area contributed by atoms with Gasteiger partial charge in [-0.15, -0.1) is 0 Å². The Labute approximate surface area is 171 Å². The first kappa shape index (κ1) is 19.4. The van der Waals surface area contributed by atoms with Crippen molar-refractivity contribution >= 4 is 16.9 Å². The molecule has 1 aliphatic carbocycles. The zero-order chi connectivity index (χ0) is 20.2. The number of hydrogen-bond acceptors (Lipinski definition) is 4. The van der Waals surface area contributed by atoms with Crippen LogP contribution in [0.5, 0.6) is 11.5 Å². The first-order valence-electron chi connectivity index (χ1n) is 10.2. The molecule has 0 radical (unpaired) electrons. The number of carbonyl (C=O) groups excluding carboxylic acids is 1. The van der Waals surface area contributed by atoms with Gasteiger partial charge in [-0.2, -0.15) is 0 Å². The van der Waals surface area contributed by atoms with E-state index in [2.05, 4.69) is 5.32 Å². The fourth-order valence-corrected chi connectivity index (χ4v) is 3.44. The standard InChI is InChI=1S/C24H27NO4/c1-16(25-17(2)26)24-13-20-12-22(10-11-23(20)29-24)28-15-19-6-8-21(9-7-19)27-14-18-4-3-5-18/h6-13,16,18H,3-5,14-15H2,1-2H3,(H,25,26). The van der Waals surface area contributed by atoms with E-state index in [1.165, 1.54) is 26.2 Å². The third-order valence-electron chi connectivity index (χ3n) is 5.39. The lowest BCUT2D eigenvalue weighted by Gasteiger charge is -2.25. The van der Waals surface area contributed by atoms with Crippen molar-refractivity contribution in [3.8, 4) is 11.5 Å². The molecule has 152 valence electrons. The van der Waals surface area contributed by atoms with Gasteiger partial charge in [-0.3, -0.25) is 4.79 Å². The van der Waals surface area contributed by atoms with Crippen molar-refractivity contribution in [1.82, 2.24) is 5.32 Å². The largest absolute Gasteiger partial charge is 0.493 e. The molecule has 5 nitrogen and oxygen atoms in total. The Bertz CT molecular complexity index is 972. The molecule has 4 rings (SSSR count). The number of fused-ring (bicyclic) bond motifs is 1. The average Bonchev–Trinajstić information content (AvgIpc) is 3.09. The van der Waals surface area contributed by atoms with E-state index in [0.717, 1.165) is 46.3 Å². The first-order valence-corrected chi connectivity index (χ1v) is 10.2. The van der Waals surface area contributed by atoms with E-state index in [9.17, 15) is 4.79 Å². The molecule has 1 unspecified atom stereocenters.